The molecule has 41 heavy (non-hydrogen) atoms. The zero-order valence-corrected chi connectivity index (χ0v) is 22.8. The molecule has 3 heterocycles. The Labute approximate surface area is 235 Å². The highest BCUT2D eigenvalue weighted by Gasteiger charge is 2.32. The normalized spacial score (nSPS) is 13.7. The number of nitrogens with one attached hydrogen (secondary N) is 1. The van der Waals surface area contributed by atoms with Gasteiger partial charge in [0.15, 0.2) is 0 Å². The average molecular weight is 563 g/mol. The molecule has 0 fully saturated rings. The first-order chi connectivity index (χ1) is 19.7. The summed E-state index contributed by atoms with van der Waals surface area (Å²) in [6.45, 7) is 4.77. The molecule has 2 aromatic heterocycles. The van der Waals surface area contributed by atoms with Gasteiger partial charge >= 0.3 is 6.18 Å². The number of H-pyrrole nitrogens is 1. The highest BCUT2D eigenvalue weighted by atomic mass is 19.4. The van der Waals surface area contributed by atoms with E-state index in [0.29, 0.717) is 52.9 Å². The smallest absolute Gasteiger partial charge is 0.392 e. The fraction of sp³-hybridized carbons (Fsp3) is 0.281. The third kappa shape index (κ3) is 4.58. The van der Waals surface area contributed by atoms with Crippen LogP contribution in [-0.2, 0) is 38.6 Å². The Kier molecular flexibility index (Phi) is 6.85. The molecule has 0 spiro atoms. The Hall–Kier alpha value is -4.11. The number of para-hydroxylation sites is 1. The summed E-state index contributed by atoms with van der Waals surface area (Å²) in [6, 6.07) is 14.5. The number of fused-ring (bicyclic) bond motifs is 2. The molecule has 5 aromatic rings. The van der Waals surface area contributed by atoms with Crippen LogP contribution in [0.3, 0.4) is 0 Å². The second-order valence-corrected chi connectivity index (χ2v) is 10.4. The number of aromatic amines is 1. The minimum Gasteiger partial charge on any atom is -0.392 e. The molecule has 6 rings (SSSR count). The molecule has 212 valence electrons. The predicted octanol–water partition coefficient (Wildman–Crippen LogP) is 7.36. The molecule has 0 unspecified atom stereocenters. The van der Waals surface area contributed by atoms with Gasteiger partial charge in [0.2, 0.25) is 0 Å². The van der Waals surface area contributed by atoms with E-state index in [1.165, 1.54) is 18.2 Å². The molecule has 0 saturated carbocycles. The number of anilines is 1. The van der Waals surface area contributed by atoms with Crippen LogP contribution in [0.15, 0.2) is 60.8 Å². The van der Waals surface area contributed by atoms with Gasteiger partial charge in [0.25, 0.3) is 0 Å². The van der Waals surface area contributed by atoms with Crippen molar-refractivity contribution < 1.29 is 22.7 Å². The van der Waals surface area contributed by atoms with Crippen molar-refractivity contribution in [2.45, 2.75) is 52.4 Å². The molecule has 1 aliphatic heterocycles. The van der Waals surface area contributed by atoms with Crippen LogP contribution in [0.5, 0.6) is 0 Å². The lowest BCUT2D eigenvalue weighted by Crippen LogP contribution is -2.30. The van der Waals surface area contributed by atoms with E-state index in [0.717, 1.165) is 53.0 Å². The number of benzene rings is 3. The second kappa shape index (κ2) is 10.4. The number of aryl methyl sites for hydroxylation is 2. The first kappa shape index (κ1) is 27.1. The summed E-state index contributed by atoms with van der Waals surface area (Å²) in [5.74, 6) is -0.469. The molecule has 0 bridgehead atoms. The molecule has 5 nitrogen and oxygen atoms in total. The van der Waals surface area contributed by atoms with Gasteiger partial charge in [0.1, 0.15) is 5.82 Å². The van der Waals surface area contributed by atoms with Crippen LogP contribution in [0.2, 0.25) is 0 Å². The van der Waals surface area contributed by atoms with Gasteiger partial charge in [0.05, 0.1) is 34.8 Å². The van der Waals surface area contributed by atoms with Crippen LogP contribution < -0.4 is 4.90 Å². The maximum Gasteiger partial charge on any atom is 0.416 e. The first-order valence-corrected chi connectivity index (χ1v) is 13.8. The van der Waals surface area contributed by atoms with Crippen LogP contribution in [0.1, 0.15) is 47.4 Å². The van der Waals surface area contributed by atoms with E-state index in [1.807, 2.05) is 15.6 Å². The number of aliphatic hydroxyl groups excluding tert-OH is 1. The van der Waals surface area contributed by atoms with Gasteiger partial charge in [-0.2, -0.15) is 18.3 Å². The van der Waals surface area contributed by atoms with Gasteiger partial charge in [-0.15, -0.1) is 0 Å². The molecular weight excluding hydrogens is 532 g/mol. The average Bonchev–Trinajstić information content (AvgIpc) is 3.61. The number of rotatable bonds is 6. The Bertz CT molecular complexity index is 1710. The van der Waals surface area contributed by atoms with Gasteiger partial charge in [-0.1, -0.05) is 32.0 Å². The van der Waals surface area contributed by atoms with E-state index < -0.39 is 17.6 Å². The Morgan fingerprint density at radius 3 is 2.32 bits per heavy atom. The number of nitrogens with zero attached hydrogens (tertiary/aromatic N) is 3. The molecule has 0 atom stereocenters. The Morgan fingerprint density at radius 1 is 0.976 bits per heavy atom. The lowest BCUT2D eigenvalue weighted by Gasteiger charge is -2.29. The lowest BCUT2D eigenvalue weighted by atomic mass is 9.95. The van der Waals surface area contributed by atoms with Crippen molar-refractivity contribution in [3.63, 3.8) is 0 Å². The van der Waals surface area contributed by atoms with Crippen molar-refractivity contribution >= 4 is 16.6 Å². The van der Waals surface area contributed by atoms with Gasteiger partial charge < -0.3 is 15.0 Å². The molecule has 3 aromatic carbocycles. The minimum atomic E-state index is -4.41. The zero-order valence-electron chi connectivity index (χ0n) is 22.8. The number of aliphatic hydroxyl groups is 1. The molecule has 0 aliphatic carbocycles. The van der Waals surface area contributed by atoms with Crippen LogP contribution in [0.4, 0.5) is 23.2 Å². The number of aromatic nitrogens is 3. The molecule has 0 saturated heterocycles. The largest absolute Gasteiger partial charge is 0.416 e. The Morgan fingerprint density at radius 2 is 1.68 bits per heavy atom. The van der Waals surface area contributed by atoms with Gasteiger partial charge in [-0.25, -0.2) is 9.07 Å². The van der Waals surface area contributed by atoms with Gasteiger partial charge in [0, 0.05) is 53.5 Å². The third-order valence-corrected chi connectivity index (χ3v) is 8.06. The van der Waals surface area contributed by atoms with Crippen molar-refractivity contribution in [2.24, 2.45) is 0 Å². The number of hydrogen-bond donors (Lipinski definition) is 2. The van der Waals surface area contributed by atoms with Crippen LogP contribution in [-0.4, -0.2) is 26.4 Å². The summed E-state index contributed by atoms with van der Waals surface area (Å²) in [4.78, 5) is 5.16. The highest BCUT2D eigenvalue weighted by molar-refractivity contribution is 5.97. The maximum atomic E-state index is 16.1. The molecule has 0 amide bonds. The number of hydrogen-bond acceptors (Lipinski definition) is 3. The highest BCUT2D eigenvalue weighted by Crippen LogP contribution is 2.41. The van der Waals surface area contributed by atoms with Crippen molar-refractivity contribution in [3.8, 4) is 16.9 Å². The fourth-order valence-electron chi connectivity index (χ4n) is 6.00. The van der Waals surface area contributed by atoms with Crippen molar-refractivity contribution in [1.82, 2.24) is 14.8 Å². The van der Waals surface area contributed by atoms with E-state index in [2.05, 4.69) is 31.0 Å². The first-order valence-electron chi connectivity index (χ1n) is 13.8. The molecular formula is C32H30F4N4O. The van der Waals surface area contributed by atoms with Crippen LogP contribution in [0.25, 0.3) is 27.8 Å². The Balaban J connectivity index is 1.58. The summed E-state index contributed by atoms with van der Waals surface area (Å²) >= 11 is 0. The SMILES string of the molecule is CCc1cccc(CC)c1-n1nc2c(c1-c1c(F)cc(CO)c3[nH]ccc13)CN(c1ccc(C(F)(F)F)cc1)CC2. The summed E-state index contributed by atoms with van der Waals surface area (Å²) in [5, 5.41) is 15.6. The second-order valence-electron chi connectivity index (χ2n) is 10.4. The number of alkyl halides is 3. The summed E-state index contributed by atoms with van der Waals surface area (Å²) in [7, 11) is 0. The standard InChI is InChI=1S/C32H30F4N4O/c1-3-19-6-5-7-20(4-2)30(19)40-31(28-24-12-14-37-29(24)21(18-41)16-26(28)33)25-17-39(15-13-27(25)38-40)23-10-8-22(9-11-23)32(34,35)36/h5-12,14,16,37,41H,3-4,13,15,17-18H2,1-2H3. The van der Waals surface area contributed by atoms with E-state index in [9.17, 15) is 18.3 Å². The number of halogens is 4. The summed E-state index contributed by atoms with van der Waals surface area (Å²) in [5.41, 5.74) is 6.86. The third-order valence-electron chi connectivity index (χ3n) is 8.06. The molecule has 9 heteroatoms. The van der Waals surface area contributed by atoms with E-state index in [4.69, 9.17) is 5.10 Å². The minimum absolute atomic E-state index is 0.314. The van der Waals surface area contributed by atoms with Gasteiger partial charge in [-0.05, 0) is 60.4 Å². The lowest BCUT2D eigenvalue weighted by molar-refractivity contribution is -0.137. The van der Waals surface area contributed by atoms with E-state index in [-0.39, 0.29) is 6.61 Å². The van der Waals surface area contributed by atoms with Crippen LogP contribution >= 0.6 is 0 Å². The molecule has 1 aliphatic rings. The fourth-order valence-corrected chi connectivity index (χ4v) is 6.00. The topological polar surface area (TPSA) is 57.1 Å². The van der Waals surface area contributed by atoms with Crippen molar-refractivity contribution in [1.29, 1.82) is 0 Å². The summed E-state index contributed by atoms with van der Waals surface area (Å²) < 4.78 is 57.6. The van der Waals surface area contributed by atoms with Crippen molar-refractivity contribution in [2.75, 3.05) is 11.4 Å². The van der Waals surface area contributed by atoms with Crippen LogP contribution in [0, 0.1) is 5.82 Å². The zero-order chi connectivity index (χ0) is 28.9. The monoisotopic (exact) mass is 562 g/mol. The van der Waals surface area contributed by atoms with E-state index in [1.54, 1.807) is 12.3 Å². The molecule has 0 radical (unpaired) electrons. The predicted molar refractivity (Wildman–Crippen MR) is 152 cm³/mol. The molecule has 2 N–H and O–H groups in total. The summed E-state index contributed by atoms with van der Waals surface area (Å²) in [6.07, 6.45) is -0.608. The maximum absolute atomic E-state index is 16.1. The van der Waals surface area contributed by atoms with Gasteiger partial charge in [-0.3, -0.25) is 0 Å². The van der Waals surface area contributed by atoms with Crippen molar-refractivity contribution in [3.05, 3.63) is 100 Å². The van der Waals surface area contributed by atoms with E-state index >= 15 is 4.39 Å². The quantitative estimate of drug-likeness (QED) is 0.213.